The quantitative estimate of drug-likeness (QED) is 0.143. The molecule has 274 valence electrons. The molecule has 9 atom stereocenters. The van der Waals surface area contributed by atoms with E-state index in [1.165, 1.54) is 4.90 Å². The minimum Gasteiger partial charge on any atom is -0.455 e. The van der Waals surface area contributed by atoms with Gasteiger partial charge in [-0.2, -0.15) is 0 Å². The van der Waals surface area contributed by atoms with Crippen molar-refractivity contribution in [1.29, 1.82) is 0 Å². The molecule has 51 heavy (non-hydrogen) atoms. The van der Waals surface area contributed by atoms with E-state index >= 15 is 4.79 Å². The predicted octanol–water partition coefficient (Wildman–Crippen LogP) is 5.34. The Morgan fingerprint density at radius 1 is 1.14 bits per heavy atom. The number of aliphatic hydroxyl groups excluding tert-OH is 1. The zero-order valence-corrected chi connectivity index (χ0v) is 31.7. The van der Waals surface area contributed by atoms with E-state index in [-0.39, 0.29) is 42.1 Å². The molecule has 2 aromatic rings. The molecule has 2 bridgehead atoms. The minimum absolute atomic E-state index is 0.176. The number of allylic oxidation sites excluding steroid dienone is 1. The largest absolute Gasteiger partial charge is 0.455 e. The molecule has 10 nitrogen and oxygen atoms in total. The van der Waals surface area contributed by atoms with E-state index in [1.54, 1.807) is 24.0 Å². The normalized spacial score (nSPS) is 26.7. The molecule has 2 aromatic carbocycles. The lowest BCUT2D eigenvalue weighted by atomic mass is 9.70. The number of hydrogen-bond acceptors (Lipinski definition) is 7. The van der Waals surface area contributed by atoms with Crippen LogP contribution in [0.15, 0.2) is 73.8 Å². The number of aliphatic hydroxyl groups is 1. The van der Waals surface area contributed by atoms with Crippen LogP contribution in [0.1, 0.15) is 62.8 Å². The highest BCUT2D eigenvalue weighted by Crippen LogP contribution is 2.61. The number of likely N-dealkylation sites (tertiary alicyclic amines) is 1. The Bertz CT molecular complexity index is 1650. The molecule has 11 heteroatoms. The van der Waals surface area contributed by atoms with Crippen LogP contribution in [0.2, 0.25) is 0 Å². The smallest absolute Gasteiger partial charge is 0.313 e. The number of aryl methyl sites for hydroxylation is 2. The Labute approximate surface area is 309 Å². The summed E-state index contributed by atoms with van der Waals surface area (Å²) >= 11 is 3.75. The maximum Gasteiger partial charge on any atom is 0.313 e. The van der Waals surface area contributed by atoms with Gasteiger partial charge in [-0.1, -0.05) is 84.4 Å². The summed E-state index contributed by atoms with van der Waals surface area (Å²) in [7, 11) is 0. The molecule has 0 aliphatic carbocycles. The fraction of sp³-hybridized carbons (Fsp3) is 0.500. The Morgan fingerprint density at radius 2 is 1.84 bits per heavy atom. The molecule has 0 aromatic heterocycles. The maximum absolute atomic E-state index is 15.1. The van der Waals surface area contributed by atoms with Crippen molar-refractivity contribution in [3.63, 3.8) is 0 Å². The maximum atomic E-state index is 15.1. The second kappa shape index (κ2) is 15.8. The van der Waals surface area contributed by atoms with E-state index in [4.69, 9.17) is 9.47 Å². The highest BCUT2D eigenvalue weighted by atomic mass is 79.9. The monoisotopic (exact) mass is 763 g/mol. The van der Waals surface area contributed by atoms with Crippen molar-refractivity contribution in [1.82, 2.24) is 10.2 Å². The van der Waals surface area contributed by atoms with Crippen LogP contribution < -0.4 is 10.2 Å². The first-order valence-electron chi connectivity index (χ1n) is 17.7. The number of alkyl halides is 1. The summed E-state index contributed by atoms with van der Waals surface area (Å²) < 4.78 is 13.1. The van der Waals surface area contributed by atoms with E-state index in [0.717, 1.165) is 11.1 Å². The molecule has 5 rings (SSSR count). The number of carbonyl (C=O) groups excluding carboxylic acids is 4. The molecule has 1 spiro atoms. The number of hydrogen-bond donors (Lipinski definition) is 2. The Balaban J connectivity index is 1.56. The van der Waals surface area contributed by atoms with Gasteiger partial charge in [0, 0.05) is 23.5 Å². The van der Waals surface area contributed by atoms with E-state index in [9.17, 15) is 19.5 Å². The number of carbonyl (C=O) groups is 4. The van der Waals surface area contributed by atoms with Crippen LogP contribution in [0.25, 0.3) is 0 Å². The number of amides is 3. The molecule has 3 amide bonds. The van der Waals surface area contributed by atoms with E-state index in [1.807, 2.05) is 76.2 Å². The third-order valence-electron chi connectivity index (χ3n) is 10.6. The van der Waals surface area contributed by atoms with Crippen LogP contribution in [-0.2, 0) is 28.7 Å². The highest BCUT2D eigenvalue weighted by molar-refractivity contribution is 9.09. The lowest BCUT2D eigenvalue weighted by molar-refractivity contribution is -0.162. The second-order valence-electron chi connectivity index (χ2n) is 14.4. The number of ether oxygens (including phenoxy) is 2. The van der Waals surface area contributed by atoms with Gasteiger partial charge in [-0.05, 0) is 62.3 Å². The number of halogens is 1. The minimum atomic E-state index is -1.37. The number of rotatable bonds is 15. The van der Waals surface area contributed by atoms with Gasteiger partial charge >= 0.3 is 5.97 Å². The fourth-order valence-electron chi connectivity index (χ4n) is 8.13. The molecule has 2 N–H and O–H groups in total. The number of benzene rings is 2. The lowest BCUT2D eigenvalue weighted by Gasteiger charge is -2.40. The molecule has 3 heterocycles. The first-order chi connectivity index (χ1) is 24.3. The molecule has 1 unspecified atom stereocenters. The van der Waals surface area contributed by atoms with Crippen molar-refractivity contribution in [3.05, 3.63) is 90.5 Å². The topological polar surface area (TPSA) is 125 Å². The first-order valence-corrected chi connectivity index (χ1v) is 18.6. The van der Waals surface area contributed by atoms with Gasteiger partial charge in [-0.15, -0.1) is 13.2 Å². The number of anilines is 1. The van der Waals surface area contributed by atoms with Crippen LogP contribution in [0, 0.1) is 31.6 Å². The van der Waals surface area contributed by atoms with Gasteiger partial charge in [-0.25, -0.2) is 0 Å². The van der Waals surface area contributed by atoms with Crippen LogP contribution >= 0.6 is 15.9 Å². The van der Waals surface area contributed by atoms with Gasteiger partial charge in [0.2, 0.25) is 11.8 Å². The molecule has 3 fully saturated rings. The Morgan fingerprint density at radius 3 is 2.47 bits per heavy atom. The van der Waals surface area contributed by atoms with Gasteiger partial charge in [0.1, 0.15) is 17.7 Å². The van der Waals surface area contributed by atoms with Gasteiger partial charge in [-0.3, -0.25) is 19.2 Å². The first kappa shape index (κ1) is 38.4. The summed E-state index contributed by atoms with van der Waals surface area (Å²) in [6.07, 6.45) is 2.73. The molecule has 3 aliphatic heterocycles. The molecule has 0 saturated carbocycles. The summed E-state index contributed by atoms with van der Waals surface area (Å²) in [6, 6.07) is 12.5. The number of nitrogens with one attached hydrogen (secondary N) is 1. The number of fused-ring (bicyclic) bond motifs is 1. The zero-order chi connectivity index (χ0) is 37.2. The SMILES string of the molecule is C=CCCC(=O)N[C@H](C)[C@@H](OC(=O)[C@@H]1[C@H]2O[C@@]3(CC2Br)[C@H](C(=O)N(CC=C)c2cc(C)ccc2C)N([C@@H](CO)C(C)C)C(=O)[C@@H]13)c1ccccc1. The second-order valence-corrected chi connectivity index (χ2v) is 15.6. The third kappa shape index (κ3) is 7.17. The molecule has 3 saturated heterocycles. The van der Waals surface area contributed by atoms with Gasteiger partial charge in [0.05, 0.1) is 36.6 Å². The van der Waals surface area contributed by atoms with Crippen LogP contribution in [0.4, 0.5) is 5.69 Å². The zero-order valence-electron chi connectivity index (χ0n) is 30.1. The third-order valence-corrected chi connectivity index (χ3v) is 11.4. The summed E-state index contributed by atoms with van der Waals surface area (Å²) in [6.45, 7) is 16.8. The van der Waals surface area contributed by atoms with E-state index < -0.39 is 59.6 Å². The van der Waals surface area contributed by atoms with Crippen LogP contribution in [0.3, 0.4) is 0 Å². The van der Waals surface area contributed by atoms with Crippen molar-refractivity contribution in [2.45, 2.75) is 94.6 Å². The van der Waals surface area contributed by atoms with E-state index in [2.05, 4.69) is 34.4 Å². The van der Waals surface area contributed by atoms with Gasteiger partial charge < -0.3 is 29.7 Å². The summed E-state index contributed by atoms with van der Waals surface area (Å²) in [5.41, 5.74) is 1.83. The standard InChI is InChI=1S/C40H50BrN3O7/c1-8-10-16-31(46)42-26(7)34(27-14-12-11-13-15-27)50-39(49)32-33-37(47)44(30(22-45)23(3)4)36(40(33)21-28(41)35(32)51-40)38(48)43(19-9-2)29-20-24(5)17-18-25(29)6/h8-9,11-15,17-18,20,23,26,28,30,32-36,45H,1-2,10,16,19,21-22H2,3-7H3,(H,42,46)/t26-,28?,30+,32+,33-,34-,35+,36+,40-/m1/s1. The molecular weight excluding hydrogens is 714 g/mol. The molecule has 3 aliphatic rings. The van der Waals surface area contributed by atoms with Crippen molar-refractivity contribution in [2.24, 2.45) is 17.8 Å². The number of esters is 1. The molecule has 0 radical (unpaired) electrons. The van der Waals surface area contributed by atoms with Crippen molar-refractivity contribution in [2.75, 3.05) is 18.1 Å². The van der Waals surface area contributed by atoms with Crippen LogP contribution in [0.5, 0.6) is 0 Å². The highest BCUT2D eigenvalue weighted by Gasteiger charge is 2.78. The average molecular weight is 765 g/mol. The van der Waals surface area contributed by atoms with Crippen LogP contribution in [-0.4, -0.2) is 81.5 Å². The van der Waals surface area contributed by atoms with E-state index in [0.29, 0.717) is 24.1 Å². The Kier molecular flexibility index (Phi) is 11.9. The van der Waals surface area contributed by atoms with Gasteiger partial charge in [0.15, 0.2) is 0 Å². The average Bonchev–Trinajstić information content (AvgIpc) is 3.69. The van der Waals surface area contributed by atoms with Crippen molar-refractivity contribution in [3.8, 4) is 0 Å². The lowest BCUT2D eigenvalue weighted by Crippen LogP contribution is -2.60. The Hall–Kier alpha value is -3.80. The predicted molar refractivity (Wildman–Crippen MR) is 199 cm³/mol. The summed E-state index contributed by atoms with van der Waals surface area (Å²) in [4.78, 5) is 59.9. The molecular formula is C40H50BrN3O7. The summed E-state index contributed by atoms with van der Waals surface area (Å²) in [5.74, 6) is -3.96. The van der Waals surface area contributed by atoms with Crippen molar-refractivity contribution < 1.29 is 33.8 Å². The van der Waals surface area contributed by atoms with Crippen molar-refractivity contribution >= 4 is 45.3 Å². The summed E-state index contributed by atoms with van der Waals surface area (Å²) in [5, 5.41) is 13.6. The number of nitrogens with zero attached hydrogens (tertiary/aromatic N) is 2. The fourth-order valence-corrected chi connectivity index (χ4v) is 9.07. The van der Waals surface area contributed by atoms with Gasteiger partial charge in [0.25, 0.3) is 5.91 Å².